The van der Waals surface area contributed by atoms with Crippen LogP contribution in [0.4, 0.5) is 0 Å². The predicted octanol–water partition coefficient (Wildman–Crippen LogP) is 2.31. The number of hydrogen-bond acceptors (Lipinski definition) is 3. The van der Waals surface area contributed by atoms with E-state index < -0.39 is 0 Å². The molecule has 88 valence electrons. The molecule has 1 aromatic carbocycles. The van der Waals surface area contributed by atoms with Gasteiger partial charge in [-0.2, -0.15) is 0 Å². The number of ketones is 1. The monoisotopic (exact) mass is 222 g/mol. The second-order valence-electron chi connectivity index (χ2n) is 3.84. The minimum atomic E-state index is 0.0371. The second kappa shape index (κ2) is 7.01. The lowest BCUT2D eigenvalue weighted by Crippen LogP contribution is -2.17. The maximum atomic E-state index is 11.2. The lowest BCUT2D eigenvalue weighted by Gasteiger charge is -2.07. The number of ether oxygens (including phenoxy) is 2. The predicted molar refractivity (Wildman–Crippen MR) is 62.6 cm³/mol. The Morgan fingerprint density at radius 2 is 1.88 bits per heavy atom. The molecule has 16 heavy (non-hydrogen) atoms. The highest BCUT2D eigenvalue weighted by Crippen LogP contribution is 2.07. The van der Waals surface area contributed by atoms with E-state index in [-0.39, 0.29) is 18.3 Å². The van der Waals surface area contributed by atoms with E-state index in [1.807, 2.05) is 44.2 Å². The average molecular weight is 222 g/mol. The van der Waals surface area contributed by atoms with Crippen molar-refractivity contribution in [2.45, 2.75) is 13.8 Å². The molecule has 0 amide bonds. The summed E-state index contributed by atoms with van der Waals surface area (Å²) in [5, 5.41) is 0. The normalized spacial score (nSPS) is 10.4. The fourth-order valence-corrected chi connectivity index (χ4v) is 1.07. The quantitative estimate of drug-likeness (QED) is 0.664. The van der Waals surface area contributed by atoms with Gasteiger partial charge in [0.15, 0.2) is 5.78 Å². The number of carbonyl (C=O) groups is 1. The largest absolute Gasteiger partial charge is 0.491 e. The average Bonchev–Trinajstić information content (AvgIpc) is 2.29. The van der Waals surface area contributed by atoms with Gasteiger partial charge in [0, 0.05) is 5.92 Å². The van der Waals surface area contributed by atoms with Gasteiger partial charge in [0.25, 0.3) is 0 Å². The van der Waals surface area contributed by atoms with Crippen molar-refractivity contribution < 1.29 is 14.3 Å². The molecule has 0 radical (unpaired) electrons. The zero-order valence-corrected chi connectivity index (χ0v) is 9.81. The number of hydrogen-bond donors (Lipinski definition) is 0. The summed E-state index contributed by atoms with van der Waals surface area (Å²) in [6.07, 6.45) is 0. The van der Waals surface area contributed by atoms with Crippen molar-refractivity contribution in [3.05, 3.63) is 30.3 Å². The Kier molecular flexibility index (Phi) is 5.57. The maximum absolute atomic E-state index is 11.2. The van der Waals surface area contributed by atoms with Gasteiger partial charge in [-0.1, -0.05) is 32.0 Å². The summed E-state index contributed by atoms with van der Waals surface area (Å²) in [5.41, 5.74) is 0. The number of para-hydroxylation sites is 1. The molecule has 0 bridgehead atoms. The van der Waals surface area contributed by atoms with Crippen LogP contribution in [0.3, 0.4) is 0 Å². The van der Waals surface area contributed by atoms with Gasteiger partial charge < -0.3 is 9.47 Å². The van der Waals surface area contributed by atoms with Crippen LogP contribution in [-0.4, -0.2) is 25.6 Å². The molecule has 0 atom stereocenters. The van der Waals surface area contributed by atoms with Crippen LogP contribution in [0.5, 0.6) is 5.75 Å². The smallest absolute Gasteiger partial charge is 0.160 e. The van der Waals surface area contributed by atoms with E-state index >= 15 is 0 Å². The van der Waals surface area contributed by atoms with E-state index in [1.54, 1.807) is 0 Å². The van der Waals surface area contributed by atoms with Gasteiger partial charge in [-0.05, 0) is 12.1 Å². The summed E-state index contributed by atoms with van der Waals surface area (Å²) in [7, 11) is 0. The molecule has 0 saturated heterocycles. The van der Waals surface area contributed by atoms with E-state index in [9.17, 15) is 4.79 Å². The molecule has 0 heterocycles. The zero-order valence-electron chi connectivity index (χ0n) is 9.81. The first-order valence-electron chi connectivity index (χ1n) is 5.48. The molecule has 0 aliphatic heterocycles. The molecular weight excluding hydrogens is 204 g/mol. The van der Waals surface area contributed by atoms with E-state index in [0.717, 1.165) is 5.75 Å². The highest BCUT2D eigenvalue weighted by atomic mass is 16.5. The van der Waals surface area contributed by atoms with Crippen LogP contribution in [-0.2, 0) is 9.53 Å². The Labute approximate surface area is 96.4 Å². The van der Waals surface area contributed by atoms with Crippen LogP contribution in [0.2, 0.25) is 0 Å². The molecule has 3 nitrogen and oxygen atoms in total. The minimum Gasteiger partial charge on any atom is -0.491 e. The van der Waals surface area contributed by atoms with Gasteiger partial charge in [-0.3, -0.25) is 4.79 Å². The number of rotatable bonds is 7. The van der Waals surface area contributed by atoms with Gasteiger partial charge in [0.05, 0.1) is 6.61 Å². The summed E-state index contributed by atoms with van der Waals surface area (Å²) in [6.45, 7) is 4.82. The Morgan fingerprint density at radius 1 is 1.19 bits per heavy atom. The molecule has 0 aliphatic rings. The summed E-state index contributed by atoms with van der Waals surface area (Å²) >= 11 is 0. The summed E-state index contributed by atoms with van der Waals surface area (Å²) in [5.74, 6) is 0.982. The fraction of sp³-hybridized carbons (Fsp3) is 0.462. The molecule has 3 heteroatoms. The molecule has 0 fully saturated rings. The Hall–Kier alpha value is -1.35. The van der Waals surface area contributed by atoms with Crippen LogP contribution >= 0.6 is 0 Å². The van der Waals surface area contributed by atoms with Crippen molar-refractivity contribution in [2.24, 2.45) is 5.92 Å². The summed E-state index contributed by atoms with van der Waals surface area (Å²) in [6, 6.07) is 9.54. The second-order valence-corrected chi connectivity index (χ2v) is 3.84. The first kappa shape index (κ1) is 12.7. The number of carbonyl (C=O) groups excluding carboxylic acids is 1. The maximum Gasteiger partial charge on any atom is 0.160 e. The third-order valence-corrected chi connectivity index (χ3v) is 2.13. The molecule has 0 saturated carbocycles. The van der Waals surface area contributed by atoms with Crippen molar-refractivity contribution in [2.75, 3.05) is 19.8 Å². The van der Waals surface area contributed by atoms with Crippen molar-refractivity contribution in [1.29, 1.82) is 0 Å². The highest BCUT2D eigenvalue weighted by Gasteiger charge is 2.06. The van der Waals surface area contributed by atoms with E-state index in [0.29, 0.717) is 13.2 Å². The Bertz CT molecular complexity index is 306. The number of Topliss-reactive ketones (excluding diaryl/α,β-unsaturated/α-hetero) is 1. The Balaban J connectivity index is 2.07. The molecule has 1 aromatic rings. The van der Waals surface area contributed by atoms with Crippen LogP contribution < -0.4 is 4.74 Å². The van der Waals surface area contributed by atoms with Gasteiger partial charge in [-0.15, -0.1) is 0 Å². The summed E-state index contributed by atoms with van der Waals surface area (Å²) in [4.78, 5) is 11.2. The van der Waals surface area contributed by atoms with E-state index in [1.165, 1.54) is 0 Å². The summed E-state index contributed by atoms with van der Waals surface area (Å²) < 4.78 is 10.6. The van der Waals surface area contributed by atoms with Crippen molar-refractivity contribution in [3.8, 4) is 5.75 Å². The van der Waals surface area contributed by atoms with Gasteiger partial charge >= 0.3 is 0 Å². The molecule has 0 aromatic heterocycles. The van der Waals surface area contributed by atoms with Crippen LogP contribution in [0.15, 0.2) is 30.3 Å². The van der Waals surface area contributed by atoms with Crippen molar-refractivity contribution in [3.63, 3.8) is 0 Å². The molecule has 0 N–H and O–H groups in total. The fourth-order valence-electron chi connectivity index (χ4n) is 1.07. The Morgan fingerprint density at radius 3 is 2.50 bits per heavy atom. The van der Waals surface area contributed by atoms with Crippen LogP contribution in [0.1, 0.15) is 13.8 Å². The van der Waals surface area contributed by atoms with Gasteiger partial charge in [0.2, 0.25) is 0 Å². The SMILES string of the molecule is CC(C)C(=O)COCCOc1ccccc1. The van der Waals surface area contributed by atoms with Crippen LogP contribution in [0, 0.1) is 5.92 Å². The highest BCUT2D eigenvalue weighted by molar-refractivity contribution is 5.81. The first-order chi connectivity index (χ1) is 7.70. The molecular formula is C13H18O3. The van der Waals surface area contributed by atoms with Crippen LogP contribution in [0.25, 0.3) is 0 Å². The minimum absolute atomic E-state index is 0.0371. The lowest BCUT2D eigenvalue weighted by molar-refractivity contribution is -0.126. The zero-order chi connectivity index (χ0) is 11.8. The van der Waals surface area contributed by atoms with E-state index in [2.05, 4.69) is 0 Å². The number of benzene rings is 1. The standard InChI is InChI=1S/C13H18O3/c1-11(2)13(14)10-15-8-9-16-12-6-4-3-5-7-12/h3-7,11H,8-10H2,1-2H3. The first-order valence-corrected chi connectivity index (χ1v) is 5.48. The third-order valence-electron chi connectivity index (χ3n) is 2.13. The molecule has 1 rings (SSSR count). The molecule has 0 aliphatic carbocycles. The topological polar surface area (TPSA) is 35.5 Å². The van der Waals surface area contributed by atoms with E-state index in [4.69, 9.17) is 9.47 Å². The molecule has 0 unspecified atom stereocenters. The van der Waals surface area contributed by atoms with Crippen molar-refractivity contribution in [1.82, 2.24) is 0 Å². The third kappa shape index (κ3) is 4.94. The lowest BCUT2D eigenvalue weighted by atomic mass is 10.1. The molecule has 0 spiro atoms. The van der Waals surface area contributed by atoms with Gasteiger partial charge in [-0.25, -0.2) is 0 Å². The van der Waals surface area contributed by atoms with Gasteiger partial charge in [0.1, 0.15) is 19.0 Å². The van der Waals surface area contributed by atoms with Crippen molar-refractivity contribution >= 4 is 5.78 Å².